The third-order valence-corrected chi connectivity index (χ3v) is 20.2. The molecule has 1 unspecified atom stereocenters. The van der Waals surface area contributed by atoms with Crippen LogP contribution in [0.5, 0.6) is 34.5 Å². The Balaban J connectivity index is 1.40. The number of amides is 7. The molecule has 0 bridgehead atoms. The number of benzene rings is 3. The summed E-state index contributed by atoms with van der Waals surface area (Å²) < 4.78 is 45.4. The van der Waals surface area contributed by atoms with Gasteiger partial charge in [-0.1, -0.05) is 152 Å². The van der Waals surface area contributed by atoms with Gasteiger partial charge in [0.25, 0.3) is 35.4 Å². The number of hydrogen-bond acceptors (Lipinski definition) is 21. The first-order chi connectivity index (χ1) is 47.7. The van der Waals surface area contributed by atoms with Crippen molar-refractivity contribution in [3.8, 4) is 34.5 Å². The summed E-state index contributed by atoms with van der Waals surface area (Å²) in [5.41, 5.74) is 0.359. The molecular formula is C71H102N8O14S6. The fraction of sp³-hybridized carbons (Fsp3) is 0.606. The summed E-state index contributed by atoms with van der Waals surface area (Å²) in [6.45, 7) is 21.0. The van der Waals surface area contributed by atoms with Crippen molar-refractivity contribution in [2.45, 2.75) is 164 Å². The molecule has 3 aromatic carbocycles. The molecule has 1 atom stereocenters. The Morgan fingerprint density at radius 1 is 0.444 bits per heavy atom. The zero-order valence-electron chi connectivity index (χ0n) is 59.1. The minimum absolute atomic E-state index is 0.0404. The van der Waals surface area contributed by atoms with Gasteiger partial charge in [0.05, 0.1) is 73.0 Å². The molecule has 0 spiro atoms. The number of nitrogens with one attached hydrogen (secondary N) is 4. The number of thioether (sulfide) groups is 3. The van der Waals surface area contributed by atoms with Gasteiger partial charge in [-0.15, -0.1) is 0 Å². The SMILES string of the molecule is CCCCOc1c(C(=O)NCCN(CCNC(=O)c2ccc(C(=O)N3CCSC3=S)c(OCCCC)c2OCCCC)CC(CCCNC(=O)OC(C)(C)C)NC(=O)c2ccc(C(=O)N3CCSC3=S)c(OCCCC)c2OCCCC)ccc(C(=O)N2CCSC2=S)c1OCCCC. The molecule has 0 radical (unpaired) electrons. The molecule has 3 fully saturated rings. The maximum absolute atomic E-state index is 15.3. The largest absolute Gasteiger partial charge is 0.489 e. The summed E-state index contributed by atoms with van der Waals surface area (Å²) in [7, 11) is 0. The number of nitrogens with zero attached hydrogens (tertiary/aromatic N) is 4. The van der Waals surface area contributed by atoms with Gasteiger partial charge in [-0.3, -0.25) is 48.4 Å². The average molecular weight is 1480 g/mol. The Kier molecular flexibility index (Phi) is 35.5. The van der Waals surface area contributed by atoms with Gasteiger partial charge in [-0.25, -0.2) is 4.79 Å². The van der Waals surface area contributed by atoms with Gasteiger partial charge in [-0.2, -0.15) is 0 Å². The van der Waals surface area contributed by atoms with Crippen LogP contribution in [0.15, 0.2) is 36.4 Å². The molecule has 28 heteroatoms. The van der Waals surface area contributed by atoms with Crippen molar-refractivity contribution in [2.24, 2.45) is 0 Å². The summed E-state index contributed by atoms with van der Waals surface area (Å²) in [5.74, 6) is 0.253. The molecule has 0 aromatic heterocycles. The molecular weight excluding hydrogens is 1380 g/mol. The zero-order chi connectivity index (χ0) is 71.9. The van der Waals surface area contributed by atoms with E-state index in [2.05, 4.69) is 21.3 Å². The van der Waals surface area contributed by atoms with Crippen LogP contribution in [0.1, 0.15) is 214 Å². The van der Waals surface area contributed by atoms with E-state index in [1.54, 1.807) is 57.2 Å². The first kappa shape index (κ1) is 81.8. The van der Waals surface area contributed by atoms with Gasteiger partial charge in [0.1, 0.15) is 18.6 Å². The molecule has 0 saturated carbocycles. The van der Waals surface area contributed by atoms with Crippen LogP contribution < -0.4 is 49.7 Å². The van der Waals surface area contributed by atoms with Gasteiger partial charge in [0, 0.05) is 82.2 Å². The van der Waals surface area contributed by atoms with Gasteiger partial charge in [0.2, 0.25) is 0 Å². The second kappa shape index (κ2) is 42.9. The van der Waals surface area contributed by atoms with Crippen LogP contribution in [-0.4, -0.2) is 202 Å². The lowest BCUT2D eigenvalue weighted by Gasteiger charge is -2.29. The number of hydrogen-bond donors (Lipinski definition) is 4. The second-order valence-electron chi connectivity index (χ2n) is 24.9. The van der Waals surface area contributed by atoms with Crippen LogP contribution in [0.3, 0.4) is 0 Å². The highest BCUT2D eigenvalue weighted by Gasteiger charge is 2.36. The smallest absolute Gasteiger partial charge is 0.407 e. The second-order valence-corrected chi connectivity index (χ2v) is 30.1. The van der Waals surface area contributed by atoms with E-state index in [9.17, 15) is 28.8 Å². The number of rotatable bonds is 43. The van der Waals surface area contributed by atoms with Gasteiger partial charge in [-0.05, 0) is 109 Å². The van der Waals surface area contributed by atoms with E-state index in [-0.39, 0.29) is 165 Å². The van der Waals surface area contributed by atoms with Crippen molar-refractivity contribution < 1.29 is 66.7 Å². The monoisotopic (exact) mass is 1480 g/mol. The topological polar surface area (TPSA) is 245 Å². The number of carbonyl (C=O) groups excluding carboxylic acids is 7. The highest BCUT2D eigenvalue weighted by molar-refractivity contribution is 8.24. The molecule has 0 aliphatic carbocycles. The van der Waals surface area contributed by atoms with Gasteiger partial charge in [0.15, 0.2) is 34.5 Å². The van der Waals surface area contributed by atoms with Gasteiger partial charge >= 0.3 is 6.09 Å². The normalized spacial score (nSPS) is 14.1. The number of thiocarbonyl (C=S) groups is 3. The molecule has 3 saturated heterocycles. The zero-order valence-corrected chi connectivity index (χ0v) is 64.0. The van der Waals surface area contributed by atoms with Crippen molar-refractivity contribution >= 4 is 126 Å². The van der Waals surface area contributed by atoms with E-state index < -0.39 is 35.5 Å². The maximum atomic E-state index is 15.3. The van der Waals surface area contributed by atoms with E-state index in [1.807, 2.05) is 46.4 Å². The van der Waals surface area contributed by atoms with Gasteiger partial charge < -0.3 is 54.4 Å². The minimum atomic E-state index is -0.752. The molecule has 3 aliphatic rings. The Morgan fingerprint density at radius 3 is 1.04 bits per heavy atom. The fourth-order valence-electron chi connectivity index (χ4n) is 10.4. The number of carbonyl (C=O) groups is 7. The van der Waals surface area contributed by atoms with E-state index >= 15 is 4.79 Å². The molecule has 3 aromatic rings. The standard InChI is InChI=1S/C71H102N8O14S6/c1-10-16-38-87-55-49(24-27-52(58(55)90-41-19-13-4)64(83)77-35-44-97-68(77)94)61(80)72-31-33-76(34-32-73-62(81)50-25-28-53(65(84)78-36-45-98-69(78)95)59(91-42-20-14-5)56(50)88-39-17-11-2)47-48(23-22-30-74-67(86)93-71(7,8)9)75-63(82)51-26-29-54(66(85)79-37-46-99-70(79)96)60(92-43-21-15-6)57(51)89-40-18-12-3/h24-29,48H,10-23,30-47H2,1-9H3,(H,72,80)(H,73,81)(H,74,86)(H,75,82). The maximum Gasteiger partial charge on any atom is 0.407 e. The van der Waals surface area contributed by atoms with E-state index in [0.29, 0.717) is 101 Å². The van der Waals surface area contributed by atoms with Crippen LogP contribution >= 0.6 is 71.9 Å². The summed E-state index contributed by atoms with van der Waals surface area (Å²) in [6, 6.07) is 8.77. The van der Waals surface area contributed by atoms with Crippen LogP contribution in [-0.2, 0) is 4.74 Å². The van der Waals surface area contributed by atoms with E-state index in [0.717, 1.165) is 38.5 Å². The Labute approximate surface area is 613 Å². The molecule has 3 heterocycles. The lowest BCUT2D eigenvalue weighted by molar-refractivity contribution is 0.0524. The lowest BCUT2D eigenvalue weighted by Crippen LogP contribution is -2.48. The van der Waals surface area contributed by atoms with Crippen LogP contribution in [0.4, 0.5) is 4.79 Å². The molecule has 22 nitrogen and oxygen atoms in total. The summed E-state index contributed by atoms with van der Waals surface area (Å²) >= 11 is 21.0. The molecule has 99 heavy (non-hydrogen) atoms. The van der Waals surface area contributed by atoms with Crippen molar-refractivity contribution in [3.05, 3.63) is 69.8 Å². The lowest BCUT2D eigenvalue weighted by atomic mass is 10.0. The van der Waals surface area contributed by atoms with Crippen molar-refractivity contribution in [1.82, 2.24) is 40.9 Å². The van der Waals surface area contributed by atoms with Crippen LogP contribution in [0, 0.1) is 0 Å². The molecule has 546 valence electrons. The number of unbranched alkanes of at least 4 members (excludes halogenated alkanes) is 6. The first-order valence-electron chi connectivity index (χ1n) is 35.0. The van der Waals surface area contributed by atoms with Crippen molar-refractivity contribution in [2.75, 3.05) is 116 Å². The molecule has 6 rings (SSSR count). The molecule has 4 N–H and O–H groups in total. The minimum Gasteiger partial charge on any atom is -0.489 e. The van der Waals surface area contributed by atoms with E-state index in [1.165, 1.54) is 50.0 Å². The number of alkyl carbamates (subject to hydrolysis) is 1. The van der Waals surface area contributed by atoms with Crippen molar-refractivity contribution in [3.63, 3.8) is 0 Å². The van der Waals surface area contributed by atoms with E-state index in [4.69, 9.17) is 69.8 Å². The van der Waals surface area contributed by atoms with Crippen molar-refractivity contribution in [1.29, 1.82) is 0 Å². The Bertz CT molecular complexity index is 3140. The molecule has 3 aliphatic heterocycles. The predicted molar refractivity (Wildman–Crippen MR) is 406 cm³/mol. The summed E-state index contributed by atoms with van der Waals surface area (Å²) in [5, 5.41) is 12.3. The first-order valence-corrected chi connectivity index (χ1v) is 39.2. The predicted octanol–water partition coefficient (Wildman–Crippen LogP) is 12.7. The summed E-state index contributed by atoms with van der Waals surface area (Å²) in [6.07, 6.45) is 8.90. The van der Waals surface area contributed by atoms with Crippen LogP contribution in [0.25, 0.3) is 0 Å². The fourth-order valence-corrected chi connectivity index (χ4v) is 14.1. The van der Waals surface area contributed by atoms with Crippen LogP contribution in [0.2, 0.25) is 0 Å². The highest BCUT2D eigenvalue weighted by atomic mass is 32.2. The summed E-state index contributed by atoms with van der Waals surface area (Å²) in [4.78, 5) is 107. The molecule has 7 amide bonds. The third kappa shape index (κ3) is 24.8. The highest BCUT2D eigenvalue weighted by Crippen LogP contribution is 2.41. The number of ether oxygens (including phenoxy) is 7. The average Bonchev–Trinajstić information content (AvgIpc) is 0.949. The third-order valence-electron chi connectivity index (χ3n) is 15.9. The quantitative estimate of drug-likeness (QED) is 0.0304. The Hall–Kier alpha value is -6.17. The Morgan fingerprint density at radius 2 is 0.747 bits per heavy atom.